The first-order valence-electron chi connectivity index (χ1n) is 8.53. The third-order valence-corrected chi connectivity index (χ3v) is 8.08. The van der Waals surface area contributed by atoms with Crippen molar-refractivity contribution in [3.05, 3.63) is 28.3 Å². The molecule has 2 aliphatic heterocycles. The molecule has 0 amide bonds. The molecule has 0 saturated carbocycles. The predicted octanol–water partition coefficient (Wildman–Crippen LogP) is 3.25. The van der Waals surface area contributed by atoms with Crippen LogP contribution in [0.2, 0.25) is 0 Å². The highest BCUT2D eigenvalue weighted by Gasteiger charge is 2.39. The number of nitrogens with one attached hydrogen (secondary N) is 1. The molecular weight excluding hydrogens is 344 g/mol. The van der Waals surface area contributed by atoms with Crippen LogP contribution in [0.25, 0.3) is 0 Å². The highest BCUT2D eigenvalue weighted by Crippen LogP contribution is 2.34. The van der Waals surface area contributed by atoms with E-state index in [2.05, 4.69) is 11.4 Å². The third kappa shape index (κ3) is 3.24. The Morgan fingerprint density at radius 2 is 1.46 bits per heavy atom. The maximum absolute atomic E-state index is 13.3. The number of hydrogen-bond donors (Lipinski definition) is 1. The van der Waals surface area contributed by atoms with E-state index < -0.39 is 10.0 Å². The summed E-state index contributed by atoms with van der Waals surface area (Å²) in [6.45, 7) is 7.83. The van der Waals surface area contributed by atoms with Crippen molar-refractivity contribution in [2.45, 2.75) is 76.4 Å². The number of aryl methyl sites for hydroxylation is 2. The maximum atomic E-state index is 13.3. The van der Waals surface area contributed by atoms with Gasteiger partial charge < -0.3 is 5.32 Å². The Hall–Kier alpha value is -0.620. The van der Waals surface area contributed by atoms with Gasteiger partial charge in [-0.15, -0.1) is 12.4 Å². The Balaban J connectivity index is 0.00000208. The van der Waals surface area contributed by atoms with Crippen LogP contribution in [0.4, 0.5) is 0 Å². The first kappa shape index (κ1) is 19.7. The van der Waals surface area contributed by atoms with Crippen molar-refractivity contribution in [2.75, 3.05) is 7.05 Å². The minimum absolute atomic E-state index is 0. The minimum atomic E-state index is -3.46. The van der Waals surface area contributed by atoms with Gasteiger partial charge in [0.25, 0.3) is 0 Å². The summed E-state index contributed by atoms with van der Waals surface area (Å²) in [4.78, 5) is 0.517. The van der Waals surface area contributed by atoms with E-state index in [9.17, 15) is 8.42 Å². The van der Waals surface area contributed by atoms with Crippen LogP contribution in [0.15, 0.2) is 11.0 Å². The molecule has 2 fully saturated rings. The number of sulfonamides is 1. The lowest BCUT2D eigenvalue weighted by atomic mass is 10.0. The summed E-state index contributed by atoms with van der Waals surface area (Å²) in [6, 6.07) is 3.16. The quantitative estimate of drug-likeness (QED) is 0.886. The van der Waals surface area contributed by atoms with Crippen molar-refractivity contribution in [3.63, 3.8) is 0 Å². The molecule has 4 nitrogen and oxygen atoms in total. The molecule has 1 aromatic carbocycles. The number of piperidine rings is 1. The van der Waals surface area contributed by atoms with Crippen LogP contribution < -0.4 is 5.32 Å². The van der Waals surface area contributed by atoms with E-state index in [-0.39, 0.29) is 18.4 Å². The summed E-state index contributed by atoms with van der Waals surface area (Å²) >= 11 is 0. The average molecular weight is 373 g/mol. The number of fused-ring (bicyclic) bond motifs is 2. The Labute approximate surface area is 152 Å². The topological polar surface area (TPSA) is 49.4 Å². The standard InChI is InChI=1S/C18H28N2O2S.ClH/c1-11-8-12(2)14(4)18(13(11)3)23(21,22)20(5)17-9-15-6-7-16(10-17)19-15;/h8,15-17,19H,6-7,9-10H2,1-5H3;1H. The van der Waals surface area contributed by atoms with E-state index in [0.717, 1.165) is 35.1 Å². The fourth-order valence-electron chi connectivity index (χ4n) is 4.23. The summed E-state index contributed by atoms with van der Waals surface area (Å²) in [5.41, 5.74) is 3.87. The molecule has 1 aromatic rings. The smallest absolute Gasteiger partial charge is 0.243 e. The SMILES string of the molecule is Cc1cc(C)c(C)c(S(=O)(=O)N(C)C2CC3CCC(C2)N3)c1C.Cl. The number of nitrogens with zero attached hydrogens (tertiary/aromatic N) is 1. The zero-order valence-corrected chi connectivity index (χ0v) is 16.9. The fourth-order valence-corrected chi connectivity index (χ4v) is 6.18. The van der Waals surface area contributed by atoms with E-state index in [1.54, 1.807) is 11.4 Å². The van der Waals surface area contributed by atoms with Crippen LogP contribution in [0.3, 0.4) is 0 Å². The molecule has 1 N–H and O–H groups in total. The summed E-state index contributed by atoms with van der Waals surface area (Å²) < 4.78 is 28.3. The van der Waals surface area contributed by atoms with Crippen LogP contribution in [-0.4, -0.2) is 37.9 Å². The molecule has 6 heteroatoms. The first-order valence-corrected chi connectivity index (χ1v) is 9.97. The van der Waals surface area contributed by atoms with Gasteiger partial charge in [0.1, 0.15) is 0 Å². The molecule has 0 aliphatic carbocycles. The highest BCUT2D eigenvalue weighted by atomic mass is 35.5. The van der Waals surface area contributed by atoms with E-state index in [4.69, 9.17) is 0 Å². The van der Waals surface area contributed by atoms with E-state index in [0.29, 0.717) is 17.0 Å². The molecule has 2 aliphatic rings. The van der Waals surface area contributed by atoms with Gasteiger partial charge in [0, 0.05) is 25.2 Å². The lowest BCUT2D eigenvalue weighted by Gasteiger charge is -2.35. The number of hydrogen-bond acceptors (Lipinski definition) is 3. The monoisotopic (exact) mass is 372 g/mol. The van der Waals surface area contributed by atoms with Gasteiger partial charge in [-0.05, 0) is 75.6 Å². The van der Waals surface area contributed by atoms with Crippen LogP contribution in [0.1, 0.15) is 47.9 Å². The van der Waals surface area contributed by atoms with Gasteiger partial charge in [0.05, 0.1) is 4.90 Å². The molecule has 24 heavy (non-hydrogen) atoms. The minimum Gasteiger partial charge on any atom is -0.311 e. The largest absolute Gasteiger partial charge is 0.311 e. The Bertz CT molecular complexity index is 695. The second-order valence-corrected chi connectivity index (χ2v) is 9.31. The number of benzene rings is 1. The van der Waals surface area contributed by atoms with Gasteiger partial charge in [0.2, 0.25) is 10.0 Å². The zero-order valence-electron chi connectivity index (χ0n) is 15.2. The average Bonchev–Trinajstić information content (AvgIpc) is 2.82. The first-order chi connectivity index (χ1) is 10.7. The van der Waals surface area contributed by atoms with Crippen LogP contribution in [0, 0.1) is 27.7 Å². The van der Waals surface area contributed by atoms with Gasteiger partial charge >= 0.3 is 0 Å². The number of rotatable bonds is 3. The summed E-state index contributed by atoms with van der Waals surface area (Å²) in [7, 11) is -1.69. The number of halogens is 1. The van der Waals surface area contributed by atoms with Gasteiger partial charge in [-0.1, -0.05) is 6.07 Å². The fraction of sp³-hybridized carbons (Fsp3) is 0.667. The van der Waals surface area contributed by atoms with Crippen molar-refractivity contribution in [2.24, 2.45) is 0 Å². The zero-order chi connectivity index (χ0) is 16.9. The second-order valence-electron chi connectivity index (χ2n) is 7.37. The summed E-state index contributed by atoms with van der Waals surface area (Å²) in [5, 5.41) is 3.59. The van der Waals surface area contributed by atoms with Gasteiger partial charge in [-0.3, -0.25) is 0 Å². The molecule has 0 spiro atoms. The normalized spacial score (nSPS) is 26.5. The lowest BCUT2D eigenvalue weighted by Crippen LogP contribution is -2.48. The lowest BCUT2D eigenvalue weighted by molar-refractivity contribution is 0.251. The van der Waals surface area contributed by atoms with Crippen LogP contribution >= 0.6 is 12.4 Å². The van der Waals surface area contributed by atoms with Crippen molar-refractivity contribution in [3.8, 4) is 0 Å². The third-order valence-electron chi connectivity index (χ3n) is 5.90. The van der Waals surface area contributed by atoms with Crippen molar-refractivity contribution < 1.29 is 8.42 Å². The molecule has 2 atom stereocenters. The molecular formula is C18H29ClN2O2S. The Kier molecular flexibility index (Phi) is 5.70. The van der Waals surface area contributed by atoms with Gasteiger partial charge in [-0.25, -0.2) is 8.42 Å². The molecule has 2 unspecified atom stereocenters. The van der Waals surface area contributed by atoms with Crippen molar-refractivity contribution in [1.29, 1.82) is 0 Å². The van der Waals surface area contributed by atoms with Crippen molar-refractivity contribution >= 4 is 22.4 Å². The summed E-state index contributed by atoms with van der Waals surface area (Å²) in [5.74, 6) is 0. The molecule has 2 bridgehead atoms. The van der Waals surface area contributed by atoms with E-state index in [1.807, 2.05) is 27.7 Å². The highest BCUT2D eigenvalue weighted by molar-refractivity contribution is 7.89. The Morgan fingerprint density at radius 1 is 1.00 bits per heavy atom. The maximum Gasteiger partial charge on any atom is 0.243 e. The second kappa shape index (κ2) is 6.94. The van der Waals surface area contributed by atoms with Gasteiger partial charge in [-0.2, -0.15) is 4.31 Å². The van der Waals surface area contributed by atoms with Crippen LogP contribution in [-0.2, 0) is 10.0 Å². The predicted molar refractivity (Wildman–Crippen MR) is 101 cm³/mol. The molecule has 0 aromatic heterocycles. The van der Waals surface area contributed by atoms with E-state index in [1.165, 1.54) is 12.8 Å². The Morgan fingerprint density at radius 3 is 1.92 bits per heavy atom. The summed E-state index contributed by atoms with van der Waals surface area (Å²) in [6.07, 6.45) is 4.21. The van der Waals surface area contributed by atoms with E-state index >= 15 is 0 Å². The molecule has 2 heterocycles. The van der Waals surface area contributed by atoms with Crippen molar-refractivity contribution in [1.82, 2.24) is 9.62 Å². The molecule has 3 rings (SSSR count). The molecule has 2 saturated heterocycles. The molecule has 136 valence electrons. The van der Waals surface area contributed by atoms with Crippen LogP contribution in [0.5, 0.6) is 0 Å². The van der Waals surface area contributed by atoms with Gasteiger partial charge in [0.15, 0.2) is 0 Å². The molecule has 0 radical (unpaired) electrons.